The summed E-state index contributed by atoms with van der Waals surface area (Å²) in [4.78, 5) is 25.7. The first-order valence-electron chi connectivity index (χ1n) is 8.04. The standard InChI is InChI=1S/C17H23F2N3O2/c1-10-6-12(8-20)9-22(10)16(24)7-15(21-11(2)23)17-13(18)4-3-5-14(17)19/h3-5,10,12,15H,6-9,20H2,1-2H3,(H,21,23). The molecule has 1 aromatic carbocycles. The average molecular weight is 339 g/mol. The van der Waals surface area contributed by atoms with Crippen molar-refractivity contribution in [1.82, 2.24) is 10.2 Å². The highest BCUT2D eigenvalue weighted by molar-refractivity contribution is 5.79. The maximum Gasteiger partial charge on any atom is 0.225 e. The van der Waals surface area contributed by atoms with Crippen LogP contribution in [0.5, 0.6) is 0 Å². The summed E-state index contributed by atoms with van der Waals surface area (Å²) in [7, 11) is 0. The van der Waals surface area contributed by atoms with Gasteiger partial charge in [-0.2, -0.15) is 0 Å². The molecule has 1 heterocycles. The van der Waals surface area contributed by atoms with Gasteiger partial charge >= 0.3 is 0 Å². The van der Waals surface area contributed by atoms with E-state index in [1.165, 1.54) is 13.0 Å². The molecule has 0 saturated carbocycles. The Morgan fingerprint density at radius 2 is 2.00 bits per heavy atom. The van der Waals surface area contributed by atoms with Gasteiger partial charge in [0.2, 0.25) is 11.8 Å². The topological polar surface area (TPSA) is 75.4 Å². The molecule has 1 saturated heterocycles. The molecule has 2 amide bonds. The molecule has 5 nitrogen and oxygen atoms in total. The summed E-state index contributed by atoms with van der Waals surface area (Å²) < 4.78 is 28.1. The van der Waals surface area contributed by atoms with Crippen LogP contribution in [0.2, 0.25) is 0 Å². The number of hydrogen-bond acceptors (Lipinski definition) is 3. The average Bonchev–Trinajstić information content (AvgIpc) is 2.87. The first kappa shape index (κ1) is 18.3. The molecule has 0 aromatic heterocycles. The van der Waals surface area contributed by atoms with Gasteiger partial charge < -0.3 is 16.0 Å². The van der Waals surface area contributed by atoms with E-state index < -0.39 is 23.6 Å². The number of amides is 2. The number of rotatable bonds is 5. The smallest absolute Gasteiger partial charge is 0.225 e. The summed E-state index contributed by atoms with van der Waals surface area (Å²) in [5.74, 6) is -2.04. The Bertz CT molecular complexity index is 604. The minimum atomic E-state index is -1.04. The number of nitrogens with zero attached hydrogens (tertiary/aromatic N) is 1. The molecule has 1 aliphatic heterocycles. The quantitative estimate of drug-likeness (QED) is 0.858. The van der Waals surface area contributed by atoms with E-state index in [9.17, 15) is 18.4 Å². The van der Waals surface area contributed by atoms with Crippen LogP contribution in [0.1, 0.15) is 38.3 Å². The van der Waals surface area contributed by atoms with Crippen molar-refractivity contribution in [2.75, 3.05) is 13.1 Å². The number of hydrogen-bond donors (Lipinski definition) is 2. The van der Waals surface area contributed by atoms with Crippen LogP contribution in [0.4, 0.5) is 8.78 Å². The Morgan fingerprint density at radius 1 is 1.38 bits per heavy atom. The molecular weight excluding hydrogens is 316 g/mol. The summed E-state index contributed by atoms with van der Waals surface area (Å²) in [6.07, 6.45) is 0.611. The Morgan fingerprint density at radius 3 is 2.50 bits per heavy atom. The third kappa shape index (κ3) is 4.08. The van der Waals surface area contributed by atoms with Gasteiger partial charge in [0, 0.05) is 25.1 Å². The van der Waals surface area contributed by atoms with Crippen molar-refractivity contribution in [2.45, 2.75) is 38.8 Å². The minimum Gasteiger partial charge on any atom is -0.349 e. The summed E-state index contributed by atoms with van der Waals surface area (Å²) in [5.41, 5.74) is 5.37. The zero-order valence-corrected chi connectivity index (χ0v) is 13.9. The van der Waals surface area contributed by atoms with E-state index in [-0.39, 0.29) is 29.9 Å². The molecular formula is C17H23F2N3O2. The lowest BCUT2D eigenvalue weighted by atomic mass is 10.0. The molecule has 3 N–H and O–H groups in total. The first-order valence-corrected chi connectivity index (χ1v) is 8.04. The minimum absolute atomic E-state index is 0.0227. The van der Waals surface area contributed by atoms with E-state index >= 15 is 0 Å². The van der Waals surface area contributed by atoms with Crippen LogP contribution in [0.15, 0.2) is 18.2 Å². The summed E-state index contributed by atoms with van der Waals surface area (Å²) >= 11 is 0. The number of nitrogens with one attached hydrogen (secondary N) is 1. The number of carbonyl (C=O) groups excluding carboxylic acids is 2. The molecule has 2 rings (SSSR count). The Labute approximate surface area is 140 Å². The Hall–Kier alpha value is -2.02. The van der Waals surface area contributed by atoms with Gasteiger partial charge in [0.1, 0.15) is 11.6 Å². The highest BCUT2D eigenvalue weighted by Gasteiger charge is 2.33. The van der Waals surface area contributed by atoms with Gasteiger partial charge in [-0.25, -0.2) is 8.78 Å². The van der Waals surface area contributed by atoms with Crippen LogP contribution in [-0.4, -0.2) is 35.8 Å². The number of likely N-dealkylation sites (tertiary alicyclic amines) is 1. The van der Waals surface area contributed by atoms with Gasteiger partial charge in [0.05, 0.1) is 12.5 Å². The maximum atomic E-state index is 14.0. The largest absolute Gasteiger partial charge is 0.349 e. The lowest BCUT2D eigenvalue weighted by Gasteiger charge is -2.25. The van der Waals surface area contributed by atoms with E-state index in [0.717, 1.165) is 18.6 Å². The zero-order chi connectivity index (χ0) is 17.9. The normalized spacial score (nSPS) is 21.6. The van der Waals surface area contributed by atoms with Crippen molar-refractivity contribution in [1.29, 1.82) is 0 Å². The van der Waals surface area contributed by atoms with E-state index in [1.54, 1.807) is 4.90 Å². The van der Waals surface area contributed by atoms with E-state index in [1.807, 2.05) is 6.92 Å². The molecule has 1 aliphatic rings. The number of benzene rings is 1. The molecule has 0 bridgehead atoms. The first-order chi connectivity index (χ1) is 11.3. The monoisotopic (exact) mass is 339 g/mol. The van der Waals surface area contributed by atoms with Crippen LogP contribution < -0.4 is 11.1 Å². The van der Waals surface area contributed by atoms with Crippen molar-refractivity contribution < 1.29 is 18.4 Å². The van der Waals surface area contributed by atoms with E-state index in [0.29, 0.717) is 13.1 Å². The second-order valence-corrected chi connectivity index (χ2v) is 6.33. The molecule has 24 heavy (non-hydrogen) atoms. The molecule has 132 valence electrons. The number of carbonyl (C=O) groups is 2. The maximum absolute atomic E-state index is 14.0. The third-order valence-electron chi connectivity index (χ3n) is 4.42. The van der Waals surface area contributed by atoms with Crippen LogP contribution in [0.3, 0.4) is 0 Å². The van der Waals surface area contributed by atoms with Crippen molar-refractivity contribution in [3.63, 3.8) is 0 Å². The Kier molecular flexibility index (Phi) is 5.88. The van der Waals surface area contributed by atoms with Gasteiger partial charge in [-0.15, -0.1) is 0 Å². The van der Waals surface area contributed by atoms with Gasteiger partial charge in [0.15, 0.2) is 0 Å². The van der Waals surface area contributed by atoms with Crippen LogP contribution in [0, 0.1) is 17.6 Å². The molecule has 3 unspecified atom stereocenters. The van der Waals surface area contributed by atoms with Gasteiger partial charge in [0.25, 0.3) is 0 Å². The lowest BCUT2D eigenvalue weighted by molar-refractivity contribution is -0.132. The molecule has 3 atom stereocenters. The molecule has 0 radical (unpaired) electrons. The molecule has 0 spiro atoms. The third-order valence-corrected chi connectivity index (χ3v) is 4.42. The predicted octanol–water partition coefficient (Wildman–Crippen LogP) is 1.73. The predicted molar refractivity (Wildman–Crippen MR) is 85.9 cm³/mol. The molecule has 7 heteroatoms. The second kappa shape index (κ2) is 7.70. The molecule has 1 fully saturated rings. The lowest BCUT2D eigenvalue weighted by Crippen LogP contribution is -2.38. The fraction of sp³-hybridized carbons (Fsp3) is 0.529. The fourth-order valence-corrected chi connectivity index (χ4v) is 3.27. The van der Waals surface area contributed by atoms with Crippen molar-refractivity contribution in [2.24, 2.45) is 11.7 Å². The van der Waals surface area contributed by atoms with Crippen LogP contribution in [-0.2, 0) is 9.59 Å². The number of nitrogens with two attached hydrogens (primary N) is 1. The van der Waals surface area contributed by atoms with E-state index in [2.05, 4.69) is 5.32 Å². The SMILES string of the molecule is CC(=O)NC(CC(=O)N1CC(CN)CC1C)c1c(F)cccc1F. The van der Waals surface area contributed by atoms with Crippen LogP contribution in [0.25, 0.3) is 0 Å². The van der Waals surface area contributed by atoms with Crippen molar-refractivity contribution in [3.05, 3.63) is 35.4 Å². The fourth-order valence-electron chi connectivity index (χ4n) is 3.27. The summed E-state index contributed by atoms with van der Waals surface area (Å²) in [6, 6.07) is 2.45. The van der Waals surface area contributed by atoms with Crippen LogP contribution >= 0.6 is 0 Å². The molecule has 0 aliphatic carbocycles. The highest BCUT2D eigenvalue weighted by Crippen LogP contribution is 2.28. The summed E-state index contributed by atoms with van der Waals surface area (Å²) in [6.45, 7) is 4.19. The van der Waals surface area contributed by atoms with E-state index in [4.69, 9.17) is 5.73 Å². The molecule has 1 aromatic rings. The van der Waals surface area contributed by atoms with Gasteiger partial charge in [-0.3, -0.25) is 9.59 Å². The van der Waals surface area contributed by atoms with Crippen molar-refractivity contribution in [3.8, 4) is 0 Å². The zero-order valence-electron chi connectivity index (χ0n) is 13.9. The summed E-state index contributed by atoms with van der Waals surface area (Å²) in [5, 5.41) is 2.48. The van der Waals surface area contributed by atoms with Gasteiger partial charge in [-0.05, 0) is 37.9 Å². The highest BCUT2D eigenvalue weighted by atomic mass is 19.1. The Balaban J connectivity index is 2.20. The van der Waals surface area contributed by atoms with Crippen molar-refractivity contribution >= 4 is 11.8 Å². The second-order valence-electron chi connectivity index (χ2n) is 6.33. The number of halogens is 2. The van der Waals surface area contributed by atoms with Gasteiger partial charge in [-0.1, -0.05) is 6.07 Å².